The molecule has 2 aliphatic heterocycles. The van der Waals surface area contributed by atoms with Gasteiger partial charge in [0, 0.05) is 31.0 Å². The molecule has 0 aliphatic carbocycles. The molecule has 6 nitrogen and oxygen atoms in total. The zero-order valence-electron chi connectivity index (χ0n) is 21.9. The summed E-state index contributed by atoms with van der Waals surface area (Å²) in [7, 11) is 1.63. The van der Waals surface area contributed by atoms with E-state index in [1.165, 1.54) is 12.1 Å². The molecular formula is C29H37FN2O4. The maximum absolute atomic E-state index is 13.9. The molecule has 0 spiro atoms. The van der Waals surface area contributed by atoms with Crippen LogP contribution in [0, 0.1) is 11.7 Å². The monoisotopic (exact) mass is 496 g/mol. The normalized spacial score (nSPS) is 20.8. The van der Waals surface area contributed by atoms with Crippen LogP contribution in [0.5, 0.6) is 5.75 Å². The molecule has 194 valence electrons. The first-order valence-corrected chi connectivity index (χ1v) is 12.7. The van der Waals surface area contributed by atoms with Gasteiger partial charge in [-0.3, -0.25) is 4.79 Å². The van der Waals surface area contributed by atoms with Gasteiger partial charge in [-0.2, -0.15) is 0 Å². The van der Waals surface area contributed by atoms with Crippen molar-refractivity contribution >= 4 is 12.0 Å². The molecule has 1 unspecified atom stereocenters. The second kappa shape index (κ2) is 10.1. The molecule has 36 heavy (non-hydrogen) atoms. The van der Waals surface area contributed by atoms with Crippen LogP contribution < -0.4 is 4.74 Å². The Kier molecular flexibility index (Phi) is 7.30. The number of rotatable bonds is 5. The SMILES string of the molecule is COc1ccc(C(C)N2CC[C@@H](C3(c4ccc(F)cc4)CCN(C(=O)OC(C)(C)C)CC3)C2=O)cc1. The second-order valence-electron chi connectivity index (χ2n) is 11.0. The highest BCUT2D eigenvalue weighted by atomic mass is 19.1. The molecule has 2 heterocycles. The average molecular weight is 497 g/mol. The highest BCUT2D eigenvalue weighted by molar-refractivity contribution is 5.83. The van der Waals surface area contributed by atoms with E-state index in [9.17, 15) is 14.0 Å². The molecule has 7 heteroatoms. The van der Waals surface area contributed by atoms with Gasteiger partial charge in [0.05, 0.1) is 13.2 Å². The van der Waals surface area contributed by atoms with Crippen LogP contribution in [-0.4, -0.2) is 54.1 Å². The van der Waals surface area contributed by atoms with Gasteiger partial charge in [0.15, 0.2) is 0 Å². The minimum Gasteiger partial charge on any atom is -0.497 e. The second-order valence-corrected chi connectivity index (χ2v) is 11.0. The summed E-state index contributed by atoms with van der Waals surface area (Å²) in [5, 5.41) is 0. The zero-order chi connectivity index (χ0) is 26.1. The van der Waals surface area contributed by atoms with Crippen molar-refractivity contribution in [1.29, 1.82) is 0 Å². The van der Waals surface area contributed by atoms with Crippen molar-refractivity contribution in [2.75, 3.05) is 26.7 Å². The van der Waals surface area contributed by atoms with E-state index in [0.29, 0.717) is 32.5 Å². The summed E-state index contributed by atoms with van der Waals surface area (Å²) >= 11 is 0. The third-order valence-corrected chi connectivity index (χ3v) is 7.70. The number of nitrogens with zero attached hydrogens (tertiary/aromatic N) is 2. The number of carbonyl (C=O) groups excluding carboxylic acids is 2. The number of amides is 2. The maximum Gasteiger partial charge on any atom is 0.410 e. The fourth-order valence-electron chi connectivity index (χ4n) is 5.70. The summed E-state index contributed by atoms with van der Waals surface area (Å²) in [6.07, 6.45) is 1.64. The molecule has 0 aromatic heterocycles. The Hall–Kier alpha value is -3.09. The summed E-state index contributed by atoms with van der Waals surface area (Å²) in [6, 6.07) is 14.3. The molecule has 2 atom stereocenters. The fourth-order valence-corrected chi connectivity index (χ4v) is 5.70. The molecular weight excluding hydrogens is 459 g/mol. The fraction of sp³-hybridized carbons (Fsp3) is 0.517. The Bertz CT molecular complexity index is 1070. The number of likely N-dealkylation sites (tertiary alicyclic amines) is 2. The lowest BCUT2D eigenvalue weighted by Crippen LogP contribution is -2.51. The third kappa shape index (κ3) is 5.20. The van der Waals surface area contributed by atoms with Gasteiger partial charge >= 0.3 is 6.09 Å². The van der Waals surface area contributed by atoms with E-state index in [1.807, 2.05) is 49.9 Å². The predicted octanol–water partition coefficient (Wildman–Crippen LogP) is 5.71. The van der Waals surface area contributed by atoms with Crippen LogP contribution >= 0.6 is 0 Å². The molecule has 2 fully saturated rings. The van der Waals surface area contributed by atoms with E-state index in [2.05, 4.69) is 6.92 Å². The summed E-state index contributed by atoms with van der Waals surface area (Å²) < 4.78 is 24.7. The largest absolute Gasteiger partial charge is 0.497 e. The van der Waals surface area contributed by atoms with Crippen LogP contribution in [-0.2, 0) is 14.9 Å². The van der Waals surface area contributed by atoms with Crippen LogP contribution in [0.2, 0.25) is 0 Å². The molecule has 4 rings (SSSR count). The Morgan fingerprint density at radius 1 is 1.03 bits per heavy atom. The first-order chi connectivity index (χ1) is 17.0. The lowest BCUT2D eigenvalue weighted by atomic mass is 9.63. The molecule has 2 aliphatic rings. The molecule has 0 N–H and O–H groups in total. The first kappa shape index (κ1) is 26.0. The Balaban J connectivity index is 1.57. The van der Waals surface area contributed by atoms with Gasteiger partial charge in [-0.1, -0.05) is 24.3 Å². The number of halogens is 1. The van der Waals surface area contributed by atoms with E-state index < -0.39 is 11.0 Å². The van der Waals surface area contributed by atoms with Crippen LogP contribution in [0.15, 0.2) is 48.5 Å². The minimum atomic E-state index is -0.567. The molecule has 0 saturated carbocycles. The number of hydrogen-bond donors (Lipinski definition) is 0. The Morgan fingerprint density at radius 2 is 1.64 bits per heavy atom. The van der Waals surface area contributed by atoms with Crippen LogP contribution in [0.25, 0.3) is 0 Å². The smallest absolute Gasteiger partial charge is 0.410 e. The van der Waals surface area contributed by atoms with Crippen molar-refractivity contribution < 1.29 is 23.5 Å². The highest BCUT2D eigenvalue weighted by Gasteiger charge is 2.51. The van der Waals surface area contributed by atoms with Crippen LogP contribution in [0.1, 0.15) is 64.1 Å². The van der Waals surface area contributed by atoms with Gasteiger partial charge in [0.2, 0.25) is 5.91 Å². The maximum atomic E-state index is 13.9. The van der Waals surface area contributed by atoms with Gasteiger partial charge in [-0.15, -0.1) is 0 Å². The van der Waals surface area contributed by atoms with Gasteiger partial charge in [-0.25, -0.2) is 9.18 Å². The molecule has 2 saturated heterocycles. The van der Waals surface area contributed by atoms with E-state index in [0.717, 1.165) is 23.3 Å². The summed E-state index contributed by atoms with van der Waals surface area (Å²) in [6.45, 7) is 9.26. The van der Waals surface area contributed by atoms with E-state index in [4.69, 9.17) is 9.47 Å². The summed E-state index contributed by atoms with van der Waals surface area (Å²) in [5.74, 6) is 0.369. The molecule has 2 aromatic carbocycles. The topological polar surface area (TPSA) is 59.1 Å². The number of methoxy groups -OCH3 is 1. The van der Waals surface area contributed by atoms with Crippen molar-refractivity contribution in [3.8, 4) is 5.75 Å². The Morgan fingerprint density at radius 3 is 2.19 bits per heavy atom. The van der Waals surface area contributed by atoms with Crippen molar-refractivity contribution in [2.24, 2.45) is 5.92 Å². The van der Waals surface area contributed by atoms with Gasteiger partial charge in [-0.05, 0) is 82.3 Å². The number of benzene rings is 2. The van der Waals surface area contributed by atoms with Gasteiger partial charge < -0.3 is 19.3 Å². The number of piperidine rings is 1. The third-order valence-electron chi connectivity index (χ3n) is 7.70. The number of hydrogen-bond acceptors (Lipinski definition) is 4. The summed E-state index contributed by atoms with van der Waals surface area (Å²) in [5.41, 5.74) is 0.991. The average Bonchev–Trinajstić information content (AvgIpc) is 3.24. The highest BCUT2D eigenvalue weighted by Crippen LogP contribution is 2.48. The predicted molar refractivity (Wildman–Crippen MR) is 136 cm³/mol. The van der Waals surface area contributed by atoms with Crippen molar-refractivity contribution in [3.05, 3.63) is 65.5 Å². The van der Waals surface area contributed by atoms with E-state index in [-0.39, 0.29) is 29.8 Å². The van der Waals surface area contributed by atoms with Crippen molar-refractivity contribution in [1.82, 2.24) is 9.80 Å². The van der Waals surface area contributed by atoms with E-state index in [1.54, 1.807) is 24.1 Å². The lowest BCUT2D eigenvalue weighted by molar-refractivity contribution is -0.135. The van der Waals surface area contributed by atoms with Crippen LogP contribution in [0.4, 0.5) is 9.18 Å². The molecule has 2 aromatic rings. The standard InChI is InChI=1S/C29H37FN2O4/c1-20(21-6-12-24(35-5)13-7-21)32-17-14-25(26(32)33)29(22-8-10-23(30)11-9-22)15-18-31(19-16-29)27(34)36-28(2,3)4/h6-13,20,25H,14-19H2,1-5H3/t20?,25-/m1/s1. The van der Waals surface area contributed by atoms with Crippen molar-refractivity contribution in [3.63, 3.8) is 0 Å². The number of ether oxygens (including phenoxy) is 2. The van der Waals surface area contributed by atoms with Crippen LogP contribution in [0.3, 0.4) is 0 Å². The van der Waals surface area contributed by atoms with Gasteiger partial charge in [0.25, 0.3) is 0 Å². The quantitative estimate of drug-likeness (QED) is 0.532. The zero-order valence-corrected chi connectivity index (χ0v) is 21.9. The minimum absolute atomic E-state index is 0.0690. The number of carbonyl (C=O) groups is 2. The molecule has 0 bridgehead atoms. The lowest BCUT2D eigenvalue weighted by Gasteiger charge is -2.45. The molecule has 2 amide bonds. The van der Waals surface area contributed by atoms with E-state index >= 15 is 0 Å². The first-order valence-electron chi connectivity index (χ1n) is 12.7. The molecule has 0 radical (unpaired) electrons. The summed E-state index contributed by atoms with van der Waals surface area (Å²) in [4.78, 5) is 30.3. The Labute approximate surface area is 213 Å². The van der Waals surface area contributed by atoms with Crippen molar-refractivity contribution in [2.45, 2.75) is 64.0 Å². The van der Waals surface area contributed by atoms with Gasteiger partial charge in [0.1, 0.15) is 17.2 Å².